The van der Waals surface area contributed by atoms with Crippen LogP contribution >= 0.6 is 0 Å². The van der Waals surface area contributed by atoms with Crippen LogP contribution in [-0.4, -0.2) is 20.1 Å². The highest BCUT2D eigenvalue weighted by Crippen LogP contribution is 2.29. The molecule has 0 aliphatic rings. The van der Waals surface area contributed by atoms with Crippen molar-refractivity contribution in [3.8, 4) is 17.6 Å². The Bertz CT molecular complexity index is 466. The fourth-order valence-electron chi connectivity index (χ4n) is 1.47. The number of benzene rings is 1. The molecule has 0 fully saturated rings. The van der Waals surface area contributed by atoms with Crippen LogP contribution in [0.15, 0.2) is 18.2 Å². The van der Waals surface area contributed by atoms with Gasteiger partial charge in [0, 0.05) is 6.07 Å². The summed E-state index contributed by atoms with van der Waals surface area (Å²) in [4.78, 5) is 11.8. The van der Waals surface area contributed by atoms with E-state index in [0.29, 0.717) is 23.6 Å². The Balaban J connectivity index is 2.95. The maximum atomic E-state index is 11.8. The number of hydrogen-bond donors (Lipinski definition) is 1. The first kappa shape index (κ1) is 13.8. The van der Waals surface area contributed by atoms with E-state index >= 15 is 0 Å². The van der Waals surface area contributed by atoms with Gasteiger partial charge in [-0.1, -0.05) is 6.92 Å². The molecule has 1 rings (SSSR count). The number of nitrogens with zero attached hydrogens (tertiary/aromatic N) is 1. The Morgan fingerprint density at radius 1 is 1.44 bits per heavy atom. The fourth-order valence-corrected chi connectivity index (χ4v) is 1.47. The smallest absolute Gasteiger partial charge is 0.241 e. The lowest BCUT2D eigenvalue weighted by Gasteiger charge is -2.13. The van der Waals surface area contributed by atoms with Gasteiger partial charge in [-0.3, -0.25) is 4.79 Å². The molecule has 1 aromatic carbocycles. The molecule has 0 aliphatic heterocycles. The third kappa shape index (κ3) is 3.14. The molecule has 0 heterocycles. The minimum Gasteiger partial charge on any atom is -0.497 e. The molecule has 0 radical (unpaired) electrons. The van der Waals surface area contributed by atoms with E-state index in [4.69, 9.17) is 14.7 Å². The molecule has 0 spiro atoms. The zero-order valence-corrected chi connectivity index (χ0v) is 10.7. The summed E-state index contributed by atoms with van der Waals surface area (Å²) in [6.07, 6.45) is 0.467. The summed E-state index contributed by atoms with van der Waals surface area (Å²) in [6.45, 7) is 1.79. The summed E-state index contributed by atoms with van der Waals surface area (Å²) in [7, 11) is 3.05. The SMILES string of the molecule is CCC(C#N)C(=O)Nc1cc(OC)ccc1OC. The maximum Gasteiger partial charge on any atom is 0.241 e. The molecule has 0 saturated heterocycles. The summed E-state index contributed by atoms with van der Waals surface area (Å²) in [5.41, 5.74) is 0.496. The number of nitriles is 1. The number of carbonyl (C=O) groups excluding carboxylic acids is 1. The average Bonchev–Trinajstić information content (AvgIpc) is 2.40. The Morgan fingerprint density at radius 2 is 2.17 bits per heavy atom. The number of anilines is 1. The number of amides is 1. The van der Waals surface area contributed by atoms with Crippen LogP contribution in [0, 0.1) is 17.2 Å². The van der Waals surface area contributed by atoms with Gasteiger partial charge in [0.25, 0.3) is 0 Å². The lowest BCUT2D eigenvalue weighted by molar-refractivity contribution is -0.118. The van der Waals surface area contributed by atoms with Crippen molar-refractivity contribution in [3.05, 3.63) is 18.2 Å². The van der Waals surface area contributed by atoms with Crippen LogP contribution in [0.5, 0.6) is 11.5 Å². The lowest BCUT2D eigenvalue weighted by Crippen LogP contribution is -2.21. The standard InChI is InChI=1S/C13H16N2O3/c1-4-9(8-14)13(16)15-11-7-10(17-2)5-6-12(11)18-3/h5-7,9H,4H2,1-3H3,(H,15,16). The van der Waals surface area contributed by atoms with E-state index in [1.165, 1.54) is 14.2 Å². The van der Waals surface area contributed by atoms with E-state index < -0.39 is 5.92 Å². The third-order valence-electron chi connectivity index (χ3n) is 2.55. The van der Waals surface area contributed by atoms with Gasteiger partial charge in [-0.15, -0.1) is 0 Å². The fraction of sp³-hybridized carbons (Fsp3) is 0.385. The molecule has 1 N–H and O–H groups in total. The van der Waals surface area contributed by atoms with E-state index in [1.54, 1.807) is 25.1 Å². The van der Waals surface area contributed by atoms with Crippen molar-refractivity contribution in [2.75, 3.05) is 19.5 Å². The average molecular weight is 248 g/mol. The molecule has 0 saturated carbocycles. The Morgan fingerprint density at radius 3 is 2.67 bits per heavy atom. The van der Waals surface area contributed by atoms with Crippen LogP contribution < -0.4 is 14.8 Å². The highest BCUT2D eigenvalue weighted by Gasteiger charge is 2.17. The van der Waals surface area contributed by atoms with E-state index in [2.05, 4.69) is 5.32 Å². The van der Waals surface area contributed by atoms with Gasteiger partial charge < -0.3 is 14.8 Å². The van der Waals surface area contributed by atoms with Gasteiger partial charge in [0.05, 0.1) is 26.0 Å². The predicted molar refractivity (Wildman–Crippen MR) is 67.6 cm³/mol. The normalized spacial score (nSPS) is 11.2. The number of hydrogen-bond acceptors (Lipinski definition) is 4. The number of carbonyl (C=O) groups is 1. The van der Waals surface area contributed by atoms with Crippen molar-refractivity contribution in [2.24, 2.45) is 5.92 Å². The maximum absolute atomic E-state index is 11.8. The molecule has 0 bridgehead atoms. The highest BCUT2D eigenvalue weighted by atomic mass is 16.5. The highest BCUT2D eigenvalue weighted by molar-refractivity contribution is 5.95. The molecular formula is C13H16N2O3. The summed E-state index contributed by atoms with van der Waals surface area (Å²) in [5, 5.41) is 11.5. The molecule has 5 nitrogen and oxygen atoms in total. The van der Waals surface area contributed by atoms with E-state index in [1.807, 2.05) is 6.07 Å². The summed E-state index contributed by atoms with van der Waals surface area (Å²) in [5.74, 6) is 0.125. The first-order valence-corrected chi connectivity index (χ1v) is 5.58. The predicted octanol–water partition coefficient (Wildman–Crippen LogP) is 2.19. The molecule has 1 amide bonds. The Kier molecular flexibility index (Phi) is 5.00. The molecule has 96 valence electrons. The summed E-state index contributed by atoms with van der Waals surface area (Å²) in [6, 6.07) is 7.04. The van der Waals surface area contributed by atoms with Gasteiger partial charge in [0.1, 0.15) is 17.4 Å². The first-order valence-electron chi connectivity index (χ1n) is 5.58. The molecule has 0 aromatic heterocycles. The largest absolute Gasteiger partial charge is 0.497 e. The first-order chi connectivity index (χ1) is 8.65. The number of methoxy groups -OCH3 is 2. The molecule has 5 heteroatoms. The van der Waals surface area contributed by atoms with Crippen molar-refractivity contribution in [3.63, 3.8) is 0 Å². The van der Waals surface area contributed by atoms with Gasteiger partial charge in [-0.2, -0.15) is 5.26 Å². The molecule has 1 atom stereocenters. The molecule has 1 aromatic rings. The quantitative estimate of drug-likeness (QED) is 0.867. The second-order valence-corrected chi connectivity index (χ2v) is 3.65. The summed E-state index contributed by atoms with van der Waals surface area (Å²) < 4.78 is 10.2. The van der Waals surface area contributed by atoms with Crippen molar-refractivity contribution in [1.82, 2.24) is 0 Å². The molecule has 0 aliphatic carbocycles. The summed E-state index contributed by atoms with van der Waals surface area (Å²) >= 11 is 0. The zero-order valence-electron chi connectivity index (χ0n) is 10.7. The number of rotatable bonds is 5. The van der Waals surface area contributed by atoms with Crippen LogP contribution in [0.3, 0.4) is 0 Å². The van der Waals surface area contributed by atoms with Crippen LogP contribution in [-0.2, 0) is 4.79 Å². The van der Waals surface area contributed by atoms with Gasteiger partial charge in [0.15, 0.2) is 0 Å². The molecule has 1 unspecified atom stereocenters. The second-order valence-electron chi connectivity index (χ2n) is 3.65. The lowest BCUT2D eigenvalue weighted by atomic mass is 10.1. The topological polar surface area (TPSA) is 71.4 Å². The van der Waals surface area contributed by atoms with E-state index in [9.17, 15) is 4.79 Å². The monoisotopic (exact) mass is 248 g/mol. The third-order valence-corrected chi connectivity index (χ3v) is 2.55. The van der Waals surface area contributed by atoms with Crippen LogP contribution in [0.1, 0.15) is 13.3 Å². The van der Waals surface area contributed by atoms with Crippen LogP contribution in [0.25, 0.3) is 0 Å². The van der Waals surface area contributed by atoms with Gasteiger partial charge in [-0.25, -0.2) is 0 Å². The molecule has 18 heavy (non-hydrogen) atoms. The van der Waals surface area contributed by atoms with Crippen LogP contribution in [0.2, 0.25) is 0 Å². The second kappa shape index (κ2) is 6.50. The van der Waals surface area contributed by atoms with E-state index in [-0.39, 0.29) is 5.91 Å². The van der Waals surface area contributed by atoms with Crippen molar-refractivity contribution in [1.29, 1.82) is 5.26 Å². The van der Waals surface area contributed by atoms with Gasteiger partial charge >= 0.3 is 0 Å². The van der Waals surface area contributed by atoms with Crippen LogP contribution in [0.4, 0.5) is 5.69 Å². The molecular weight excluding hydrogens is 232 g/mol. The van der Waals surface area contributed by atoms with Gasteiger partial charge in [-0.05, 0) is 18.6 Å². The van der Waals surface area contributed by atoms with Gasteiger partial charge in [0.2, 0.25) is 5.91 Å². The minimum absolute atomic E-state index is 0.341. The zero-order chi connectivity index (χ0) is 13.5. The number of ether oxygens (including phenoxy) is 2. The van der Waals surface area contributed by atoms with E-state index in [0.717, 1.165) is 0 Å². The Hall–Kier alpha value is -2.22. The van der Waals surface area contributed by atoms with Crippen molar-refractivity contribution in [2.45, 2.75) is 13.3 Å². The minimum atomic E-state index is -0.666. The van der Waals surface area contributed by atoms with Crippen molar-refractivity contribution >= 4 is 11.6 Å². The Labute approximate surface area is 106 Å². The number of nitrogens with one attached hydrogen (secondary N) is 1. The van der Waals surface area contributed by atoms with Crippen molar-refractivity contribution < 1.29 is 14.3 Å².